The number of hydrogen-bond acceptors (Lipinski definition) is 1. The van der Waals surface area contributed by atoms with E-state index in [9.17, 15) is 0 Å². The Labute approximate surface area is 96.8 Å². The number of likely N-dealkylation sites (tertiary alicyclic amines) is 1. The second-order valence-corrected chi connectivity index (χ2v) is 4.92. The van der Waals surface area contributed by atoms with Crippen molar-refractivity contribution < 1.29 is 0 Å². The summed E-state index contributed by atoms with van der Waals surface area (Å²) in [5, 5.41) is 7.99. The van der Waals surface area contributed by atoms with Crippen LogP contribution >= 0.6 is 0 Å². The standard InChI is InChI=1S/C14H18N2/c15-14-8-4-5-9-16(14)13-10-12(13)11-6-2-1-3-7-11/h1-3,6-7,12-13,15H,4-5,8-10H2. The van der Waals surface area contributed by atoms with Crippen molar-refractivity contribution in [2.24, 2.45) is 0 Å². The number of amidine groups is 1. The summed E-state index contributed by atoms with van der Waals surface area (Å²) in [6.07, 6.45) is 4.70. The van der Waals surface area contributed by atoms with E-state index in [1.165, 1.54) is 24.8 Å². The summed E-state index contributed by atoms with van der Waals surface area (Å²) >= 11 is 0. The van der Waals surface area contributed by atoms with E-state index in [4.69, 9.17) is 5.41 Å². The molecule has 0 radical (unpaired) electrons. The zero-order valence-electron chi connectivity index (χ0n) is 9.52. The first-order valence-corrected chi connectivity index (χ1v) is 6.25. The van der Waals surface area contributed by atoms with Crippen molar-refractivity contribution in [2.45, 2.75) is 37.6 Å². The molecule has 1 aromatic rings. The Kier molecular flexibility index (Phi) is 2.43. The van der Waals surface area contributed by atoms with E-state index in [1.807, 2.05) is 0 Å². The number of piperidine rings is 1. The lowest BCUT2D eigenvalue weighted by atomic mass is 10.1. The Morgan fingerprint density at radius 2 is 1.94 bits per heavy atom. The molecule has 2 unspecified atom stereocenters. The minimum absolute atomic E-state index is 0.621. The van der Waals surface area contributed by atoms with Gasteiger partial charge in [0.15, 0.2) is 0 Å². The van der Waals surface area contributed by atoms with Crippen molar-refractivity contribution in [3.05, 3.63) is 35.9 Å². The van der Waals surface area contributed by atoms with Gasteiger partial charge in [-0.3, -0.25) is 5.41 Å². The molecule has 16 heavy (non-hydrogen) atoms. The fourth-order valence-electron chi connectivity index (χ4n) is 2.80. The topological polar surface area (TPSA) is 27.1 Å². The van der Waals surface area contributed by atoms with Crippen molar-refractivity contribution in [1.82, 2.24) is 4.90 Å². The zero-order chi connectivity index (χ0) is 11.0. The molecule has 1 aliphatic heterocycles. The van der Waals surface area contributed by atoms with Crippen molar-refractivity contribution >= 4 is 5.84 Å². The summed E-state index contributed by atoms with van der Waals surface area (Å²) in [4.78, 5) is 2.33. The molecule has 3 rings (SSSR count). The molecule has 2 aliphatic rings. The highest BCUT2D eigenvalue weighted by atomic mass is 15.2. The minimum atomic E-state index is 0.621. The van der Waals surface area contributed by atoms with E-state index >= 15 is 0 Å². The third-order valence-corrected chi connectivity index (χ3v) is 3.79. The van der Waals surface area contributed by atoms with Gasteiger partial charge in [-0.05, 0) is 24.8 Å². The summed E-state index contributed by atoms with van der Waals surface area (Å²) in [6.45, 7) is 1.10. The van der Waals surface area contributed by atoms with Gasteiger partial charge in [0.2, 0.25) is 0 Å². The molecule has 1 aromatic carbocycles. The first-order valence-electron chi connectivity index (χ1n) is 6.25. The van der Waals surface area contributed by atoms with Crippen molar-refractivity contribution in [3.8, 4) is 0 Å². The largest absolute Gasteiger partial charge is 0.357 e. The highest BCUT2D eigenvalue weighted by Gasteiger charge is 2.43. The van der Waals surface area contributed by atoms with Gasteiger partial charge in [0, 0.05) is 24.9 Å². The molecule has 1 heterocycles. The smallest absolute Gasteiger partial charge is 0.0960 e. The molecule has 2 atom stereocenters. The van der Waals surface area contributed by atoms with Crippen LogP contribution in [-0.4, -0.2) is 23.3 Å². The Morgan fingerprint density at radius 1 is 1.12 bits per heavy atom. The summed E-state index contributed by atoms with van der Waals surface area (Å²) in [6, 6.07) is 11.4. The highest BCUT2D eigenvalue weighted by molar-refractivity contribution is 5.80. The molecule has 0 spiro atoms. The molecule has 2 heteroatoms. The van der Waals surface area contributed by atoms with E-state index in [0.717, 1.165) is 18.8 Å². The van der Waals surface area contributed by atoms with Crippen LogP contribution in [0.4, 0.5) is 0 Å². The SMILES string of the molecule is N=C1CCCCN1C1CC1c1ccccc1. The first-order chi connectivity index (χ1) is 7.86. The molecule has 0 amide bonds. The quantitative estimate of drug-likeness (QED) is 0.805. The van der Waals surface area contributed by atoms with Gasteiger partial charge in [0.05, 0.1) is 5.84 Å². The van der Waals surface area contributed by atoms with E-state index in [-0.39, 0.29) is 0 Å². The van der Waals surface area contributed by atoms with Crippen LogP contribution in [0.2, 0.25) is 0 Å². The average molecular weight is 214 g/mol. The summed E-state index contributed by atoms with van der Waals surface area (Å²) < 4.78 is 0. The highest BCUT2D eigenvalue weighted by Crippen LogP contribution is 2.45. The third kappa shape index (κ3) is 1.73. The third-order valence-electron chi connectivity index (χ3n) is 3.79. The van der Waals surface area contributed by atoms with Crippen LogP contribution in [0, 0.1) is 5.41 Å². The van der Waals surface area contributed by atoms with Crippen molar-refractivity contribution in [3.63, 3.8) is 0 Å². The molecule has 2 nitrogen and oxygen atoms in total. The van der Waals surface area contributed by atoms with Gasteiger partial charge in [-0.2, -0.15) is 0 Å². The Bertz CT molecular complexity index is 385. The van der Waals surface area contributed by atoms with Crippen LogP contribution in [0.1, 0.15) is 37.2 Å². The lowest BCUT2D eigenvalue weighted by Gasteiger charge is -2.29. The van der Waals surface area contributed by atoms with Crippen LogP contribution in [0.25, 0.3) is 0 Å². The molecule has 1 saturated carbocycles. The molecule has 0 bridgehead atoms. The average Bonchev–Trinajstić information content (AvgIpc) is 3.11. The van der Waals surface area contributed by atoms with Gasteiger partial charge in [-0.15, -0.1) is 0 Å². The lowest BCUT2D eigenvalue weighted by Crippen LogP contribution is -2.37. The van der Waals surface area contributed by atoms with Crippen LogP contribution in [-0.2, 0) is 0 Å². The Balaban J connectivity index is 1.69. The summed E-state index contributed by atoms with van der Waals surface area (Å²) in [5.74, 6) is 1.55. The molecular formula is C14H18N2. The second-order valence-electron chi connectivity index (χ2n) is 4.92. The number of rotatable bonds is 2. The first kappa shape index (κ1) is 9.88. The van der Waals surface area contributed by atoms with E-state index in [2.05, 4.69) is 35.2 Å². The maximum absolute atomic E-state index is 7.99. The van der Waals surface area contributed by atoms with Crippen molar-refractivity contribution in [2.75, 3.05) is 6.54 Å². The predicted molar refractivity (Wildman–Crippen MR) is 65.9 cm³/mol. The number of nitrogens with one attached hydrogen (secondary N) is 1. The molecule has 84 valence electrons. The fraction of sp³-hybridized carbons (Fsp3) is 0.500. The second kappa shape index (κ2) is 3.93. The van der Waals surface area contributed by atoms with Gasteiger partial charge in [-0.1, -0.05) is 30.3 Å². The van der Waals surface area contributed by atoms with Gasteiger partial charge < -0.3 is 4.90 Å². The fourth-order valence-corrected chi connectivity index (χ4v) is 2.80. The lowest BCUT2D eigenvalue weighted by molar-refractivity contribution is 0.353. The number of nitrogens with zero attached hydrogens (tertiary/aromatic N) is 1. The van der Waals surface area contributed by atoms with E-state index in [1.54, 1.807) is 0 Å². The number of hydrogen-bond donors (Lipinski definition) is 1. The maximum atomic E-state index is 7.99. The van der Waals surface area contributed by atoms with Crippen LogP contribution in [0.5, 0.6) is 0 Å². The monoisotopic (exact) mass is 214 g/mol. The normalized spacial score (nSPS) is 29.2. The van der Waals surface area contributed by atoms with Crippen LogP contribution < -0.4 is 0 Å². The van der Waals surface area contributed by atoms with E-state index in [0.29, 0.717) is 12.0 Å². The molecule has 0 aromatic heterocycles. The van der Waals surface area contributed by atoms with Gasteiger partial charge in [0.25, 0.3) is 0 Å². The van der Waals surface area contributed by atoms with Crippen LogP contribution in [0.3, 0.4) is 0 Å². The molecular weight excluding hydrogens is 196 g/mol. The van der Waals surface area contributed by atoms with Crippen LogP contribution in [0.15, 0.2) is 30.3 Å². The minimum Gasteiger partial charge on any atom is -0.357 e. The zero-order valence-corrected chi connectivity index (χ0v) is 9.52. The van der Waals surface area contributed by atoms with Gasteiger partial charge in [0.1, 0.15) is 0 Å². The van der Waals surface area contributed by atoms with E-state index < -0.39 is 0 Å². The summed E-state index contributed by atoms with van der Waals surface area (Å²) in [5.41, 5.74) is 1.45. The maximum Gasteiger partial charge on any atom is 0.0960 e. The predicted octanol–water partition coefficient (Wildman–Crippen LogP) is 3.01. The van der Waals surface area contributed by atoms with Gasteiger partial charge in [-0.25, -0.2) is 0 Å². The summed E-state index contributed by atoms with van der Waals surface area (Å²) in [7, 11) is 0. The molecule has 1 aliphatic carbocycles. The Morgan fingerprint density at radius 3 is 2.69 bits per heavy atom. The molecule has 1 N–H and O–H groups in total. The van der Waals surface area contributed by atoms with Crippen molar-refractivity contribution in [1.29, 1.82) is 5.41 Å². The number of benzene rings is 1. The molecule has 1 saturated heterocycles. The molecule has 2 fully saturated rings. The Hall–Kier alpha value is -1.31. The van der Waals surface area contributed by atoms with Gasteiger partial charge >= 0.3 is 0 Å².